The number of nitrogens with zero attached hydrogens (tertiary/aromatic N) is 4. The summed E-state index contributed by atoms with van der Waals surface area (Å²) in [7, 11) is -1.72. The van der Waals surface area contributed by atoms with Crippen LogP contribution in [0.15, 0.2) is 64.2 Å². The zero-order valence-electron chi connectivity index (χ0n) is 18.3. The molecule has 0 radical (unpaired) electrons. The molecule has 0 aliphatic rings. The van der Waals surface area contributed by atoms with Crippen LogP contribution >= 0.6 is 0 Å². The highest BCUT2D eigenvalue weighted by Gasteiger charge is 2.21. The molecule has 0 bridgehead atoms. The van der Waals surface area contributed by atoms with Gasteiger partial charge in [-0.2, -0.15) is 0 Å². The van der Waals surface area contributed by atoms with Crippen LogP contribution in [0.5, 0.6) is 0 Å². The van der Waals surface area contributed by atoms with Crippen LogP contribution in [-0.2, 0) is 16.4 Å². The summed E-state index contributed by atoms with van der Waals surface area (Å²) in [4.78, 5) is 8.42. The van der Waals surface area contributed by atoms with Crippen LogP contribution in [0.2, 0.25) is 0 Å². The summed E-state index contributed by atoms with van der Waals surface area (Å²) in [6.45, 7) is 3.84. The van der Waals surface area contributed by atoms with Crippen molar-refractivity contribution in [2.24, 2.45) is 0 Å². The average Bonchev–Trinajstić information content (AvgIpc) is 3.30. The molecule has 4 aromatic rings. The topological polar surface area (TPSA) is 111 Å². The van der Waals surface area contributed by atoms with Crippen molar-refractivity contribution in [1.82, 2.24) is 25.5 Å². The van der Waals surface area contributed by atoms with Crippen molar-refractivity contribution in [3.63, 3.8) is 0 Å². The van der Waals surface area contributed by atoms with E-state index in [9.17, 15) is 12.8 Å². The van der Waals surface area contributed by atoms with E-state index in [4.69, 9.17) is 4.42 Å². The van der Waals surface area contributed by atoms with Gasteiger partial charge in [0.15, 0.2) is 9.84 Å². The molecule has 0 spiro atoms. The van der Waals surface area contributed by atoms with E-state index in [-0.39, 0.29) is 27.7 Å². The molecule has 4 rings (SSSR count). The van der Waals surface area contributed by atoms with Gasteiger partial charge in [-0.05, 0) is 56.8 Å². The highest BCUT2D eigenvalue weighted by Crippen LogP contribution is 2.28. The summed E-state index contributed by atoms with van der Waals surface area (Å²) >= 11 is 0. The number of benzene rings is 2. The Hall–Kier alpha value is -3.50. The van der Waals surface area contributed by atoms with E-state index in [1.54, 1.807) is 13.8 Å². The summed E-state index contributed by atoms with van der Waals surface area (Å²) in [6.07, 6.45) is 2.82. The van der Waals surface area contributed by atoms with E-state index < -0.39 is 20.9 Å². The molecule has 0 unspecified atom stereocenters. The molecule has 0 atom stereocenters. The Morgan fingerprint density at radius 3 is 2.36 bits per heavy atom. The van der Waals surface area contributed by atoms with Gasteiger partial charge >= 0.3 is 0 Å². The van der Waals surface area contributed by atoms with Gasteiger partial charge in [0.2, 0.25) is 5.89 Å². The second-order valence-corrected chi connectivity index (χ2v) is 10.2. The SMILES string of the molecule is CNCc1ccc(-c2nnc(-c3cncc(-c4ccc(S(=O)(=O)C(C)C)cc4F)n3)o2)cc1. The van der Waals surface area contributed by atoms with Gasteiger partial charge in [-0.1, -0.05) is 12.1 Å². The Bertz CT molecular complexity index is 1390. The van der Waals surface area contributed by atoms with Gasteiger partial charge in [-0.15, -0.1) is 10.2 Å². The number of sulfone groups is 1. The van der Waals surface area contributed by atoms with Crippen molar-refractivity contribution < 1.29 is 17.2 Å². The molecule has 0 aliphatic heterocycles. The molecule has 8 nitrogen and oxygen atoms in total. The fourth-order valence-corrected chi connectivity index (χ4v) is 4.23. The first-order valence-corrected chi connectivity index (χ1v) is 11.8. The van der Waals surface area contributed by atoms with E-state index >= 15 is 0 Å². The molecular formula is C23H22FN5O3S. The van der Waals surface area contributed by atoms with Crippen LogP contribution < -0.4 is 5.32 Å². The van der Waals surface area contributed by atoms with Crippen LogP contribution in [0, 0.1) is 5.82 Å². The van der Waals surface area contributed by atoms with Gasteiger partial charge in [0.1, 0.15) is 11.5 Å². The summed E-state index contributed by atoms with van der Waals surface area (Å²) in [5.41, 5.74) is 2.48. The minimum absolute atomic E-state index is 0.0786. The minimum atomic E-state index is -3.59. The fourth-order valence-electron chi connectivity index (χ4n) is 3.16. The quantitative estimate of drug-likeness (QED) is 0.436. The van der Waals surface area contributed by atoms with Crippen LogP contribution in [0.25, 0.3) is 34.3 Å². The zero-order valence-corrected chi connectivity index (χ0v) is 19.1. The van der Waals surface area contributed by atoms with Gasteiger partial charge in [0.25, 0.3) is 5.89 Å². The number of hydrogen-bond donors (Lipinski definition) is 1. The van der Waals surface area contributed by atoms with Crippen molar-refractivity contribution in [3.8, 4) is 34.3 Å². The fraction of sp³-hybridized carbons (Fsp3) is 0.217. The summed E-state index contributed by atoms with van der Waals surface area (Å²) < 4.78 is 45.2. The zero-order chi connectivity index (χ0) is 23.6. The summed E-state index contributed by atoms with van der Waals surface area (Å²) in [5.74, 6) is -0.253. The van der Waals surface area contributed by atoms with Crippen molar-refractivity contribution >= 4 is 9.84 Å². The van der Waals surface area contributed by atoms with Gasteiger partial charge in [0, 0.05) is 17.7 Å². The molecule has 0 amide bonds. The smallest absolute Gasteiger partial charge is 0.268 e. The van der Waals surface area contributed by atoms with Gasteiger partial charge in [0.05, 0.1) is 28.2 Å². The van der Waals surface area contributed by atoms with Crippen LogP contribution in [0.1, 0.15) is 19.4 Å². The van der Waals surface area contributed by atoms with Crippen LogP contribution in [0.3, 0.4) is 0 Å². The third-order valence-electron chi connectivity index (χ3n) is 5.03. The summed E-state index contributed by atoms with van der Waals surface area (Å²) in [6, 6.07) is 11.4. The van der Waals surface area contributed by atoms with E-state index in [1.165, 1.54) is 24.5 Å². The largest absolute Gasteiger partial charge is 0.415 e. The highest BCUT2D eigenvalue weighted by molar-refractivity contribution is 7.92. The standard InChI is InChI=1S/C23H22FN5O3S/c1-14(2)33(30,31)17-8-9-18(19(24)10-17)20-12-26-13-21(27-20)23-29-28-22(32-23)16-6-4-15(5-7-16)11-25-3/h4-10,12-14,25H,11H2,1-3H3. The van der Waals surface area contributed by atoms with Crippen molar-refractivity contribution in [1.29, 1.82) is 0 Å². The molecule has 2 aromatic carbocycles. The molecule has 2 heterocycles. The second kappa shape index (κ2) is 9.16. The molecule has 2 aromatic heterocycles. The Kier molecular flexibility index (Phi) is 6.30. The number of rotatable bonds is 7. The van der Waals surface area contributed by atoms with Gasteiger partial charge in [-0.25, -0.2) is 17.8 Å². The molecule has 170 valence electrons. The van der Waals surface area contributed by atoms with Gasteiger partial charge in [-0.3, -0.25) is 4.98 Å². The molecule has 0 saturated heterocycles. The highest BCUT2D eigenvalue weighted by atomic mass is 32.2. The molecule has 0 fully saturated rings. The van der Waals surface area contributed by atoms with Gasteiger partial charge < -0.3 is 9.73 Å². The Morgan fingerprint density at radius 1 is 1.00 bits per heavy atom. The molecule has 0 saturated carbocycles. The first-order valence-electron chi connectivity index (χ1n) is 10.2. The third-order valence-corrected chi connectivity index (χ3v) is 7.18. The Balaban J connectivity index is 1.63. The lowest BCUT2D eigenvalue weighted by molar-refractivity contribution is 0.581. The first kappa shape index (κ1) is 22.7. The van der Waals surface area contributed by atoms with Crippen molar-refractivity contribution in [2.45, 2.75) is 30.5 Å². The molecule has 33 heavy (non-hydrogen) atoms. The lowest BCUT2D eigenvalue weighted by atomic mass is 10.1. The average molecular weight is 468 g/mol. The third kappa shape index (κ3) is 4.67. The minimum Gasteiger partial charge on any atom is -0.415 e. The number of halogens is 1. The predicted molar refractivity (Wildman–Crippen MR) is 121 cm³/mol. The normalized spacial score (nSPS) is 11.8. The first-order chi connectivity index (χ1) is 15.8. The van der Waals surface area contributed by atoms with Crippen molar-refractivity contribution in [3.05, 3.63) is 66.2 Å². The van der Waals surface area contributed by atoms with Crippen molar-refractivity contribution in [2.75, 3.05) is 7.05 Å². The van der Waals surface area contributed by atoms with E-state index in [0.29, 0.717) is 5.89 Å². The number of nitrogens with one attached hydrogen (secondary N) is 1. The van der Waals surface area contributed by atoms with E-state index in [0.717, 1.165) is 23.7 Å². The number of hydrogen-bond acceptors (Lipinski definition) is 8. The Morgan fingerprint density at radius 2 is 1.70 bits per heavy atom. The maximum atomic E-state index is 14.8. The van der Waals surface area contributed by atoms with Crippen LogP contribution in [-0.4, -0.2) is 40.9 Å². The molecule has 1 N–H and O–H groups in total. The number of aromatic nitrogens is 4. The predicted octanol–water partition coefficient (Wildman–Crippen LogP) is 3.90. The Labute approximate surface area is 190 Å². The van der Waals surface area contributed by atoms with E-state index in [1.807, 2.05) is 31.3 Å². The van der Waals surface area contributed by atoms with E-state index in [2.05, 4.69) is 25.5 Å². The molecule has 0 aliphatic carbocycles. The molecule has 10 heteroatoms. The second-order valence-electron chi connectivity index (χ2n) is 7.66. The maximum absolute atomic E-state index is 14.8. The van der Waals surface area contributed by atoms with Crippen LogP contribution in [0.4, 0.5) is 4.39 Å². The lowest BCUT2D eigenvalue weighted by Crippen LogP contribution is -2.14. The molecular weight excluding hydrogens is 445 g/mol. The maximum Gasteiger partial charge on any atom is 0.268 e. The lowest BCUT2D eigenvalue weighted by Gasteiger charge is -2.09. The summed E-state index contributed by atoms with van der Waals surface area (Å²) in [5, 5.41) is 10.5. The monoisotopic (exact) mass is 467 g/mol.